The van der Waals surface area contributed by atoms with Crippen molar-refractivity contribution in [3.05, 3.63) is 120 Å². The molecule has 0 atom stereocenters. The van der Waals surface area contributed by atoms with Gasteiger partial charge in [-0.1, -0.05) is 128 Å². The Bertz CT molecular complexity index is 1340. The first kappa shape index (κ1) is 23.2. The number of nitrogens with zero attached hydrogens (tertiary/aromatic N) is 1. The molecule has 0 N–H and O–H groups in total. The van der Waals surface area contributed by atoms with Gasteiger partial charge in [0.15, 0.2) is 0 Å². The van der Waals surface area contributed by atoms with Gasteiger partial charge in [0.05, 0.1) is 11.1 Å². The fourth-order valence-electron chi connectivity index (χ4n) is 5.67. The molecule has 0 radical (unpaired) electrons. The highest BCUT2D eigenvalue weighted by Crippen LogP contribution is 2.40. The summed E-state index contributed by atoms with van der Waals surface area (Å²) >= 11 is 0. The highest BCUT2D eigenvalue weighted by atomic mass is 16.2. The topological polar surface area (TPSA) is 37.4 Å². The Morgan fingerprint density at radius 1 is 0.432 bits per heavy atom. The van der Waals surface area contributed by atoms with Gasteiger partial charge >= 0.3 is 0 Å². The van der Waals surface area contributed by atoms with Crippen molar-refractivity contribution < 1.29 is 9.59 Å². The smallest absolute Gasteiger partial charge is 0.262 e. The van der Waals surface area contributed by atoms with Crippen LogP contribution in [0, 0.1) is 0 Å². The average Bonchev–Trinajstić information content (AvgIpc) is 3.24. The Balaban J connectivity index is 1.42. The standard InChI is InChI=1S/C34H29NO2/c36-33-31(28-20-16-26(17-21-28)24-10-4-1-5-11-24)32(34(37)35(33)30-14-8-3-9-15-30)29-22-18-27(19-23-29)25-12-6-2-7-13-25/h1-2,4-7,10-13,16-23,30H,3,8-9,14-15H2. The van der Waals surface area contributed by atoms with Crippen molar-refractivity contribution in [3.63, 3.8) is 0 Å². The summed E-state index contributed by atoms with van der Waals surface area (Å²) in [6, 6.07) is 36.4. The zero-order chi connectivity index (χ0) is 25.2. The predicted molar refractivity (Wildman–Crippen MR) is 149 cm³/mol. The van der Waals surface area contributed by atoms with Gasteiger partial charge in [-0.3, -0.25) is 14.5 Å². The number of carbonyl (C=O) groups excluding carboxylic acids is 2. The van der Waals surface area contributed by atoms with Crippen molar-refractivity contribution in [3.8, 4) is 22.3 Å². The molecule has 1 aliphatic carbocycles. The molecule has 0 saturated heterocycles. The van der Waals surface area contributed by atoms with E-state index < -0.39 is 0 Å². The van der Waals surface area contributed by atoms with E-state index >= 15 is 0 Å². The third-order valence-corrected chi connectivity index (χ3v) is 7.62. The number of imide groups is 1. The van der Waals surface area contributed by atoms with Gasteiger partial charge in [-0.15, -0.1) is 0 Å². The van der Waals surface area contributed by atoms with E-state index in [0.717, 1.165) is 59.1 Å². The number of benzene rings is 4. The fraction of sp³-hybridized carbons (Fsp3) is 0.176. The number of rotatable bonds is 5. The Morgan fingerprint density at radius 2 is 0.784 bits per heavy atom. The number of carbonyl (C=O) groups is 2. The van der Waals surface area contributed by atoms with Crippen LogP contribution in [0.3, 0.4) is 0 Å². The maximum atomic E-state index is 13.9. The summed E-state index contributed by atoms with van der Waals surface area (Å²) in [6.07, 6.45) is 5.06. The first-order valence-corrected chi connectivity index (χ1v) is 13.1. The van der Waals surface area contributed by atoms with Crippen LogP contribution in [-0.4, -0.2) is 22.8 Å². The summed E-state index contributed by atoms with van der Waals surface area (Å²) in [7, 11) is 0. The van der Waals surface area contributed by atoms with Crippen LogP contribution in [-0.2, 0) is 9.59 Å². The summed E-state index contributed by atoms with van der Waals surface area (Å²) in [5, 5.41) is 0. The van der Waals surface area contributed by atoms with Crippen LogP contribution >= 0.6 is 0 Å². The summed E-state index contributed by atoms with van der Waals surface area (Å²) in [5.74, 6) is -0.321. The molecule has 0 spiro atoms. The minimum atomic E-state index is -0.161. The van der Waals surface area contributed by atoms with Crippen LogP contribution in [0.5, 0.6) is 0 Å². The van der Waals surface area contributed by atoms with Crippen molar-refractivity contribution in [2.24, 2.45) is 0 Å². The van der Waals surface area contributed by atoms with Crippen LogP contribution in [0.4, 0.5) is 0 Å². The summed E-state index contributed by atoms with van der Waals surface area (Å²) in [6.45, 7) is 0. The van der Waals surface area contributed by atoms with E-state index in [2.05, 4.69) is 24.3 Å². The second-order valence-electron chi connectivity index (χ2n) is 9.91. The molecule has 1 aliphatic heterocycles. The lowest BCUT2D eigenvalue weighted by molar-refractivity contribution is -0.139. The van der Waals surface area contributed by atoms with Gasteiger partial charge < -0.3 is 0 Å². The summed E-state index contributed by atoms with van der Waals surface area (Å²) in [5.41, 5.74) is 7.02. The van der Waals surface area contributed by atoms with Crippen molar-refractivity contribution >= 4 is 23.0 Å². The Labute approximate surface area is 218 Å². The molecule has 0 aromatic heterocycles. The molecule has 4 aromatic rings. The van der Waals surface area contributed by atoms with E-state index in [4.69, 9.17) is 0 Å². The number of hydrogen-bond acceptors (Lipinski definition) is 2. The van der Waals surface area contributed by atoms with Gasteiger partial charge in [0.25, 0.3) is 11.8 Å². The van der Waals surface area contributed by atoms with Crippen molar-refractivity contribution in [1.82, 2.24) is 4.90 Å². The van der Waals surface area contributed by atoms with Gasteiger partial charge in [0.1, 0.15) is 0 Å². The molecule has 3 heteroatoms. The van der Waals surface area contributed by atoms with Crippen molar-refractivity contribution in [2.45, 2.75) is 38.1 Å². The van der Waals surface area contributed by atoms with Gasteiger partial charge in [0.2, 0.25) is 0 Å². The Morgan fingerprint density at radius 3 is 1.19 bits per heavy atom. The van der Waals surface area contributed by atoms with E-state index in [0.29, 0.717) is 11.1 Å². The first-order chi connectivity index (χ1) is 18.2. The highest BCUT2D eigenvalue weighted by molar-refractivity contribution is 6.49. The Hall–Kier alpha value is -4.24. The van der Waals surface area contributed by atoms with Crippen LogP contribution in [0.15, 0.2) is 109 Å². The zero-order valence-corrected chi connectivity index (χ0v) is 20.8. The van der Waals surface area contributed by atoms with Crippen LogP contribution in [0.1, 0.15) is 43.2 Å². The lowest BCUT2D eigenvalue weighted by atomic mass is 9.93. The van der Waals surface area contributed by atoms with E-state index in [9.17, 15) is 9.59 Å². The molecule has 4 aromatic carbocycles. The predicted octanol–water partition coefficient (Wildman–Crippen LogP) is 7.63. The van der Waals surface area contributed by atoms with E-state index in [1.54, 1.807) is 4.90 Å². The molecule has 1 heterocycles. The quantitative estimate of drug-likeness (QED) is 0.274. The number of hydrogen-bond donors (Lipinski definition) is 0. The van der Waals surface area contributed by atoms with E-state index in [-0.39, 0.29) is 17.9 Å². The largest absolute Gasteiger partial charge is 0.271 e. The monoisotopic (exact) mass is 483 g/mol. The lowest BCUT2D eigenvalue weighted by Crippen LogP contribution is -2.42. The number of amides is 2. The molecule has 0 unspecified atom stereocenters. The zero-order valence-electron chi connectivity index (χ0n) is 20.8. The maximum absolute atomic E-state index is 13.9. The average molecular weight is 484 g/mol. The van der Waals surface area contributed by atoms with Gasteiger partial charge in [-0.2, -0.15) is 0 Å². The summed E-state index contributed by atoms with van der Waals surface area (Å²) < 4.78 is 0. The van der Waals surface area contributed by atoms with Crippen molar-refractivity contribution in [1.29, 1.82) is 0 Å². The lowest BCUT2D eigenvalue weighted by Gasteiger charge is -2.30. The van der Waals surface area contributed by atoms with Crippen LogP contribution < -0.4 is 0 Å². The molecule has 37 heavy (non-hydrogen) atoms. The minimum absolute atomic E-state index is 0.0200. The third-order valence-electron chi connectivity index (χ3n) is 7.62. The molecule has 0 bridgehead atoms. The van der Waals surface area contributed by atoms with E-state index in [1.165, 1.54) is 6.42 Å². The maximum Gasteiger partial charge on any atom is 0.262 e. The molecule has 2 aliphatic rings. The van der Waals surface area contributed by atoms with Gasteiger partial charge in [0, 0.05) is 6.04 Å². The molecule has 3 nitrogen and oxygen atoms in total. The van der Waals surface area contributed by atoms with Gasteiger partial charge in [-0.25, -0.2) is 0 Å². The van der Waals surface area contributed by atoms with E-state index in [1.807, 2.05) is 84.9 Å². The Kier molecular flexibility index (Phi) is 6.28. The van der Waals surface area contributed by atoms with Crippen LogP contribution in [0.25, 0.3) is 33.4 Å². The SMILES string of the molecule is O=C1C(c2ccc(-c3ccccc3)cc2)=C(c2ccc(-c3ccccc3)cc2)C(=O)N1C1CCCCC1. The van der Waals surface area contributed by atoms with Gasteiger partial charge in [-0.05, 0) is 46.2 Å². The summed E-state index contributed by atoms with van der Waals surface area (Å²) in [4.78, 5) is 29.3. The third kappa shape index (κ3) is 4.42. The first-order valence-electron chi connectivity index (χ1n) is 13.1. The fourth-order valence-corrected chi connectivity index (χ4v) is 5.67. The van der Waals surface area contributed by atoms with Crippen molar-refractivity contribution in [2.75, 3.05) is 0 Å². The second kappa shape index (κ2) is 10.0. The second-order valence-corrected chi connectivity index (χ2v) is 9.91. The normalized spacial score (nSPS) is 16.5. The molecule has 6 rings (SSSR count). The highest BCUT2D eigenvalue weighted by Gasteiger charge is 2.43. The molecular formula is C34H29NO2. The molecule has 1 saturated carbocycles. The minimum Gasteiger partial charge on any atom is -0.271 e. The molecule has 2 amide bonds. The molecule has 1 fully saturated rings. The van der Waals surface area contributed by atoms with Crippen LogP contribution in [0.2, 0.25) is 0 Å². The molecule has 182 valence electrons. The molecular weight excluding hydrogens is 454 g/mol.